The average Bonchev–Trinajstić information content (AvgIpc) is 3.09. The molecule has 0 bridgehead atoms. The quantitative estimate of drug-likeness (QED) is 0.888. The van der Waals surface area contributed by atoms with Crippen molar-refractivity contribution in [2.45, 2.75) is 12.8 Å². The summed E-state index contributed by atoms with van der Waals surface area (Å²) in [5, 5.41) is 3.43. The second-order valence-electron chi connectivity index (χ2n) is 6.34. The predicted molar refractivity (Wildman–Crippen MR) is 81.2 cm³/mol. The minimum absolute atomic E-state index is 0.180. The fourth-order valence-electron chi connectivity index (χ4n) is 3.34. The average molecular weight is 273 g/mol. The molecule has 2 heterocycles. The molecule has 1 aromatic rings. The molecule has 1 N–H and O–H groups in total. The van der Waals surface area contributed by atoms with Crippen molar-refractivity contribution in [2.75, 3.05) is 45.2 Å². The van der Waals surface area contributed by atoms with Crippen molar-refractivity contribution < 1.29 is 4.79 Å². The SMILES string of the molecule is CN(C)c1ccc(C(=O)N2CCC3(CCNC3)C2)cc1. The molecule has 1 amide bonds. The molecule has 0 radical (unpaired) electrons. The number of hydrogen-bond donors (Lipinski definition) is 1. The van der Waals surface area contributed by atoms with E-state index in [4.69, 9.17) is 0 Å². The fourth-order valence-corrected chi connectivity index (χ4v) is 3.34. The maximum Gasteiger partial charge on any atom is 0.253 e. The number of carbonyl (C=O) groups is 1. The van der Waals surface area contributed by atoms with Gasteiger partial charge in [0.15, 0.2) is 0 Å². The van der Waals surface area contributed by atoms with Crippen molar-refractivity contribution in [3.63, 3.8) is 0 Å². The van der Waals surface area contributed by atoms with E-state index in [1.54, 1.807) is 0 Å². The van der Waals surface area contributed by atoms with Gasteiger partial charge in [0.2, 0.25) is 0 Å². The van der Waals surface area contributed by atoms with Crippen LogP contribution in [-0.4, -0.2) is 51.1 Å². The number of rotatable bonds is 2. The Bertz CT molecular complexity index is 489. The van der Waals surface area contributed by atoms with Gasteiger partial charge < -0.3 is 15.1 Å². The van der Waals surface area contributed by atoms with Gasteiger partial charge in [0.25, 0.3) is 5.91 Å². The Morgan fingerprint density at radius 2 is 2.00 bits per heavy atom. The van der Waals surface area contributed by atoms with E-state index in [-0.39, 0.29) is 5.91 Å². The van der Waals surface area contributed by atoms with Crippen LogP contribution in [0.25, 0.3) is 0 Å². The van der Waals surface area contributed by atoms with Gasteiger partial charge >= 0.3 is 0 Å². The molecule has 108 valence electrons. The van der Waals surface area contributed by atoms with Crippen molar-refractivity contribution in [2.24, 2.45) is 5.41 Å². The summed E-state index contributed by atoms with van der Waals surface area (Å²) in [7, 11) is 4.02. The third-order valence-corrected chi connectivity index (χ3v) is 4.69. The smallest absolute Gasteiger partial charge is 0.253 e. The predicted octanol–water partition coefficient (Wildman–Crippen LogP) is 1.58. The van der Waals surface area contributed by atoms with E-state index in [0.29, 0.717) is 5.41 Å². The molecule has 4 heteroatoms. The van der Waals surface area contributed by atoms with Crippen LogP contribution in [0, 0.1) is 5.41 Å². The lowest BCUT2D eigenvalue weighted by atomic mass is 9.86. The first-order valence-electron chi connectivity index (χ1n) is 7.37. The van der Waals surface area contributed by atoms with Gasteiger partial charge in [-0.3, -0.25) is 4.79 Å². The van der Waals surface area contributed by atoms with Gasteiger partial charge in [0.05, 0.1) is 0 Å². The molecule has 1 unspecified atom stereocenters. The van der Waals surface area contributed by atoms with Crippen molar-refractivity contribution in [3.05, 3.63) is 29.8 Å². The lowest BCUT2D eigenvalue weighted by Crippen LogP contribution is -2.33. The molecule has 1 aromatic carbocycles. The first kappa shape index (κ1) is 13.4. The molecule has 2 aliphatic heterocycles. The molecule has 2 aliphatic rings. The number of benzene rings is 1. The Morgan fingerprint density at radius 1 is 1.25 bits per heavy atom. The van der Waals surface area contributed by atoms with Crippen LogP contribution in [0.2, 0.25) is 0 Å². The zero-order valence-electron chi connectivity index (χ0n) is 12.4. The minimum Gasteiger partial charge on any atom is -0.378 e. The standard InChI is InChI=1S/C16H23N3O/c1-18(2)14-5-3-13(4-6-14)15(20)19-10-8-16(12-19)7-9-17-11-16/h3-6,17H,7-12H2,1-2H3. The molecule has 0 aromatic heterocycles. The monoisotopic (exact) mass is 273 g/mol. The Hall–Kier alpha value is -1.55. The van der Waals surface area contributed by atoms with E-state index in [9.17, 15) is 4.79 Å². The minimum atomic E-state index is 0.180. The van der Waals surface area contributed by atoms with Crippen LogP contribution in [-0.2, 0) is 0 Å². The van der Waals surface area contributed by atoms with Crippen LogP contribution in [0.15, 0.2) is 24.3 Å². The first-order valence-corrected chi connectivity index (χ1v) is 7.37. The number of hydrogen-bond acceptors (Lipinski definition) is 3. The van der Waals surface area contributed by atoms with Gasteiger partial charge in [0, 0.05) is 50.4 Å². The molecule has 4 nitrogen and oxygen atoms in total. The number of likely N-dealkylation sites (tertiary alicyclic amines) is 1. The highest BCUT2D eigenvalue weighted by Crippen LogP contribution is 2.36. The van der Waals surface area contributed by atoms with Crippen molar-refractivity contribution in [1.82, 2.24) is 10.2 Å². The van der Waals surface area contributed by atoms with Gasteiger partial charge in [-0.15, -0.1) is 0 Å². The molecule has 0 saturated carbocycles. The number of nitrogens with one attached hydrogen (secondary N) is 1. The Kier molecular flexibility index (Phi) is 3.42. The van der Waals surface area contributed by atoms with E-state index >= 15 is 0 Å². The molecule has 1 spiro atoms. The summed E-state index contributed by atoms with van der Waals surface area (Å²) < 4.78 is 0. The molecule has 1 atom stereocenters. The normalized spacial score (nSPS) is 25.4. The van der Waals surface area contributed by atoms with Gasteiger partial charge in [-0.05, 0) is 43.7 Å². The number of amides is 1. The lowest BCUT2D eigenvalue weighted by molar-refractivity contribution is 0.0776. The zero-order chi connectivity index (χ0) is 14.2. The van der Waals surface area contributed by atoms with Crippen molar-refractivity contribution >= 4 is 11.6 Å². The summed E-state index contributed by atoms with van der Waals surface area (Å²) in [6.07, 6.45) is 2.35. The van der Waals surface area contributed by atoms with Crippen LogP contribution in [0.1, 0.15) is 23.2 Å². The van der Waals surface area contributed by atoms with Gasteiger partial charge in [-0.2, -0.15) is 0 Å². The van der Waals surface area contributed by atoms with E-state index in [1.807, 2.05) is 48.2 Å². The summed E-state index contributed by atoms with van der Waals surface area (Å²) in [6, 6.07) is 7.90. The zero-order valence-corrected chi connectivity index (χ0v) is 12.4. The highest BCUT2D eigenvalue weighted by atomic mass is 16.2. The summed E-state index contributed by atoms with van der Waals surface area (Å²) >= 11 is 0. The van der Waals surface area contributed by atoms with Crippen LogP contribution in [0.4, 0.5) is 5.69 Å². The third-order valence-electron chi connectivity index (χ3n) is 4.69. The van der Waals surface area contributed by atoms with Crippen LogP contribution >= 0.6 is 0 Å². The number of nitrogens with zero attached hydrogens (tertiary/aromatic N) is 2. The highest BCUT2D eigenvalue weighted by Gasteiger charge is 2.41. The van der Waals surface area contributed by atoms with Crippen LogP contribution in [0.5, 0.6) is 0 Å². The topological polar surface area (TPSA) is 35.6 Å². The van der Waals surface area contributed by atoms with Crippen molar-refractivity contribution in [1.29, 1.82) is 0 Å². The second-order valence-corrected chi connectivity index (χ2v) is 6.34. The number of anilines is 1. The van der Waals surface area contributed by atoms with Crippen molar-refractivity contribution in [3.8, 4) is 0 Å². The Balaban J connectivity index is 1.70. The summed E-state index contributed by atoms with van der Waals surface area (Å²) in [5.74, 6) is 0.180. The molecule has 3 rings (SSSR count). The molecule has 20 heavy (non-hydrogen) atoms. The fraction of sp³-hybridized carbons (Fsp3) is 0.562. The molecule has 2 fully saturated rings. The summed E-state index contributed by atoms with van der Waals surface area (Å²) in [4.78, 5) is 16.6. The van der Waals surface area contributed by atoms with E-state index in [0.717, 1.165) is 43.9 Å². The molecule has 2 saturated heterocycles. The van der Waals surface area contributed by atoms with Gasteiger partial charge in [-0.25, -0.2) is 0 Å². The second kappa shape index (κ2) is 5.09. The first-order chi connectivity index (χ1) is 9.60. The van der Waals surface area contributed by atoms with E-state index in [1.165, 1.54) is 6.42 Å². The lowest BCUT2D eigenvalue weighted by Gasteiger charge is -2.23. The van der Waals surface area contributed by atoms with E-state index < -0.39 is 0 Å². The summed E-state index contributed by atoms with van der Waals surface area (Å²) in [6.45, 7) is 3.97. The highest BCUT2D eigenvalue weighted by molar-refractivity contribution is 5.94. The summed E-state index contributed by atoms with van der Waals surface area (Å²) in [5.41, 5.74) is 2.28. The molecular formula is C16H23N3O. The van der Waals surface area contributed by atoms with E-state index in [2.05, 4.69) is 5.32 Å². The number of carbonyl (C=O) groups excluding carboxylic acids is 1. The third kappa shape index (κ3) is 2.40. The Labute approximate surface area is 120 Å². The van der Waals surface area contributed by atoms with Gasteiger partial charge in [0.1, 0.15) is 0 Å². The maximum absolute atomic E-state index is 12.6. The maximum atomic E-state index is 12.6. The molecular weight excluding hydrogens is 250 g/mol. The Morgan fingerprint density at radius 3 is 2.60 bits per heavy atom. The van der Waals surface area contributed by atoms with Crippen LogP contribution < -0.4 is 10.2 Å². The molecule has 0 aliphatic carbocycles. The largest absolute Gasteiger partial charge is 0.378 e. The van der Waals surface area contributed by atoms with Gasteiger partial charge in [-0.1, -0.05) is 0 Å². The van der Waals surface area contributed by atoms with Crippen LogP contribution in [0.3, 0.4) is 0 Å².